The van der Waals surface area contributed by atoms with Crippen molar-refractivity contribution in [3.63, 3.8) is 0 Å². The van der Waals surface area contributed by atoms with E-state index in [0.717, 1.165) is 34.4 Å². The summed E-state index contributed by atoms with van der Waals surface area (Å²) in [5.74, 6) is 1.79. The van der Waals surface area contributed by atoms with Crippen LogP contribution in [0.25, 0.3) is 10.8 Å². The van der Waals surface area contributed by atoms with Gasteiger partial charge in [-0.2, -0.15) is 0 Å². The number of nitrogens with zero attached hydrogens (tertiary/aromatic N) is 1. The van der Waals surface area contributed by atoms with Crippen LogP contribution in [0.15, 0.2) is 24.4 Å². The number of nitrogens with two attached hydrogens (primary N) is 1. The third-order valence-electron chi connectivity index (χ3n) is 3.37. The van der Waals surface area contributed by atoms with Crippen molar-refractivity contribution in [2.45, 2.75) is 19.3 Å². The Hall–Kier alpha value is -1.81. The van der Waals surface area contributed by atoms with Crippen molar-refractivity contribution in [3.8, 4) is 11.5 Å². The van der Waals surface area contributed by atoms with E-state index in [1.54, 1.807) is 14.2 Å². The van der Waals surface area contributed by atoms with Crippen molar-refractivity contribution in [2.24, 2.45) is 5.73 Å². The van der Waals surface area contributed by atoms with Crippen LogP contribution in [0.3, 0.4) is 0 Å². The molecule has 102 valence electrons. The highest BCUT2D eigenvalue weighted by Gasteiger charge is 2.13. The zero-order valence-corrected chi connectivity index (χ0v) is 11.6. The second kappa shape index (κ2) is 5.89. The highest BCUT2D eigenvalue weighted by molar-refractivity contribution is 5.88. The van der Waals surface area contributed by atoms with Gasteiger partial charge in [0.2, 0.25) is 0 Å². The Balaban J connectivity index is 2.60. The minimum Gasteiger partial charge on any atom is -0.493 e. The van der Waals surface area contributed by atoms with E-state index < -0.39 is 0 Å². The molecular formula is C15H20N2O2. The lowest BCUT2D eigenvalue weighted by atomic mass is 9.97. The lowest BCUT2D eigenvalue weighted by Gasteiger charge is -2.15. The number of benzene rings is 1. The Morgan fingerprint density at radius 1 is 1.21 bits per heavy atom. The van der Waals surface area contributed by atoms with Gasteiger partial charge < -0.3 is 15.2 Å². The Labute approximate surface area is 113 Å². The van der Waals surface area contributed by atoms with Crippen LogP contribution >= 0.6 is 0 Å². The fourth-order valence-corrected chi connectivity index (χ4v) is 2.30. The molecule has 0 aliphatic heterocycles. The van der Waals surface area contributed by atoms with E-state index in [0.29, 0.717) is 12.5 Å². The van der Waals surface area contributed by atoms with Crippen molar-refractivity contribution in [3.05, 3.63) is 30.1 Å². The molecule has 0 spiro atoms. The van der Waals surface area contributed by atoms with Crippen molar-refractivity contribution >= 4 is 10.8 Å². The molecule has 1 unspecified atom stereocenters. The zero-order chi connectivity index (χ0) is 13.8. The second-order valence-electron chi connectivity index (χ2n) is 4.60. The third kappa shape index (κ3) is 2.63. The van der Waals surface area contributed by atoms with Gasteiger partial charge in [-0.05, 0) is 36.6 Å². The molecule has 0 saturated heterocycles. The van der Waals surface area contributed by atoms with E-state index >= 15 is 0 Å². The molecule has 1 aromatic heterocycles. The first-order valence-corrected chi connectivity index (χ1v) is 6.42. The molecule has 2 aromatic rings. The maximum absolute atomic E-state index is 5.64. The Bertz CT molecular complexity index is 569. The van der Waals surface area contributed by atoms with Crippen LogP contribution in [0.2, 0.25) is 0 Å². The molecule has 0 radical (unpaired) electrons. The first kappa shape index (κ1) is 13.6. The highest BCUT2D eigenvalue weighted by Crippen LogP contribution is 2.35. The average molecular weight is 260 g/mol. The summed E-state index contributed by atoms with van der Waals surface area (Å²) in [6, 6.07) is 5.95. The molecular weight excluding hydrogens is 240 g/mol. The predicted molar refractivity (Wildman–Crippen MR) is 76.9 cm³/mol. The van der Waals surface area contributed by atoms with E-state index in [2.05, 4.69) is 11.9 Å². The molecule has 0 saturated carbocycles. The first-order valence-electron chi connectivity index (χ1n) is 6.42. The van der Waals surface area contributed by atoms with E-state index in [4.69, 9.17) is 15.2 Å². The van der Waals surface area contributed by atoms with E-state index in [9.17, 15) is 0 Å². The smallest absolute Gasteiger partial charge is 0.161 e. The van der Waals surface area contributed by atoms with Gasteiger partial charge in [0.25, 0.3) is 0 Å². The summed E-state index contributed by atoms with van der Waals surface area (Å²) in [4.78, 5) is 4.50. The molecule has 0 aliphatic carbocycles. The van der Waals surface area contributed by atoms with Crippen molar-refractivity contribution in [2.75, 3.05) is 20.8 Å². The highest BCUT2D eigenvalue weighted by atomic mass is 16.5. The average Bonchev–Trinajstić information content (AvgIpc) is 2.45. The standard InChI is InChI=1S/C15H20N2O2/c1-10(4-6-16)15-12-9-14(19-3)13(18-2)8-11(12)5-7-17-15/h5,7-10H,4,6,16H2,1-3H3. The molecule has 0 bridgehead atoms. The monoisotopic (exact) mass is 260 g/mol. The third-order valence-corrected chi connectivity index (χ3v) is 3.37. The summed E-state index contributed by atoms with van der Waals surface area (Å²) >= 11 is 0. The largest absolute Gasteiger partial charge is 0.493 e. The summed E-state index contributed by atoms with van der Waals surface area (Å²) in [7, 11) is 3.28. The Morgan fingerprint density at radius 3 is 2.53 bits per heavy atom. The van der Waals surface area contributed by atoms with Crippen LogP contribution in [0, 0.1) is 0 Å². The van der Waals surface area contributed by atoms with Crippen LogP contribution in [0.4, 0.5) is 0 Å². The molecule has 1 heterocycles. The number of methoxy groups -OCH3 is 2. The summed E-state index contributed by atoms with van der Waals surface area (Å²) in [5.41, 5.74) is 6.70. The van der Waals surface area contributed by atoms with Crippen molar-refractivity contribution < 1.29 is 9.47 Å². The zero-order valence-electron chi connectivity index (χ0n) is 11.6. The van der Waals surface area contributed by atoms with Gasteiger partial charge in [0.1, 0.15) is 0 Å². The van der Waals surface area contributed by atoms with Gasteiger partial charge in [-0.15, -0.1) is 0 Å². The molecule has 0 aliphatic rings. The van der Waals surface area contributed by atoms with Crippen LogP contribution in [-0.2, 0) is 0 Å². The fraction of sp³-hybridized carbons (Fsp3) is 0.400. The molecule has 1 atom stereocenters. The Morgan fingerprint density at radius 2 is 1.89 bits per heavy atom. The van der Waals surface area contributed by atoms with Crippen LogP contribution in [-0.4, -0.2) is 25.7 Å². The molecule has 4 nitrogen and oxygen atoms in total. The minimum absolute atomic E-state index is 0.326. The SMILES string of the molecule is COc1cc2ccnc(C(C)CCN)c2cc1OC. The topological polar surface area (TPSA) is 57.4 Å². The molecule has 19 heavy (non-hydrogen) atoms. The molecule has 4 heteroatoms. The van der Waals surface area contributed by atoms with Gasteiger partial charge in [0.05, 0.1) is 19.9 Å². The summed E-state index contributed by atoms with van der Waals surface area (Å²) < 4.78 is 10.7. The van der Waals surface area contributed by atoms with Crippen LogP contribution in [0.1, 0.15) is 25.0 Å². The first-order chi connectivity index (χ1) is 9.21. The van der Waals surface area contributed by atoms with E-state index in [1.807, 2.05) is 24.4 Å². The van der Waals surface area contributed by atoms with Gasteiger partial charge in [0.15, 0.2) is 11.5 Å². The summed E-state index contributed by atoms with van der Waals surface area (Å²) in [6.07, 6.45) is 2.75. The van der Waals surface area contributed by atoms with E-state index in [-0.39, 0.29) is 0 Å². The van der Waals surface area contributed by atoms with Crippen molar-refractivity contribution in [1.82, 2.24) is 4.98 Å². The number of hydrogen-bond acceptors (Lipinski definition) is 4. The predicted octanol–water partition coefficient (Wildman–Crippen LogP) is 2.70. The molecule has 2 N–H and O–H groups in total. The van der Waals surface area contributed by atoms with Gasteiger partial charge in [-0.3, -0.25) is 4.98 Å². The minimum atomic E-state index is 0.326. The number of ether oxygens (including phenoxy) is 2. The van der Waals surface area contributed by atoms with Crippen LogP contribution < -0.4 is 15.2 Å². The second-order valence-corrected chi connectivity index (χ2v) is 4.60. The normalized spacial score (nSPS) is 12.4. The fourth-order valence-electron chi connectivity index (χ4n) is 2.30. The number of hydrogen-bond donors (Lipinski definition) is 1. The quantitative estimate of drug-likeness (QED) is 0.898. The van der Waals surface area contributed by atoms with Gasteiger partial charge >= 0.3 is 0 Å². The maximum Gasteiger partial charge on any atom is 0.161 e. The lowest BCUT2D eigenvalue weighted by molar-refractivity contribution is 0.356. The Kier molecular flexibility index (Phi) is 4.22. The molecule has 0 fully saturated rings. The van der Waals surface area contributed by atoms with E-state index in [1.165, 1.54) is 0 Å². The molecule has 1 aromatic carbocycles. The summed E-state index contributed by atoms with van der Waals surface area (Å²) in [5, 5.41) is 2.20. The molecule has 2 rings (SSSR count). The number of fused-ring (bicyclic) bond motifs is 1. The lowest BCUT2D eigenvalue weighted by Crippen LogP contribution is -2.06. The summed E-state index contributed by atoms with van der Waals surface area (Å²) in [6.45, 7) is 2.80. The van der Waals surface area contributed by atoms with Gasteiger partial charge in [-0.25, -0.2) is 0 Å². The maximum atomic E-state index is 5.64. The van der Waals surface area contributed by atoms with Crippen LogP contribution in [0.5, 0.6) is 11.5 Å². The molecule has 0 amide bonds. The van der Waals surface area contributed by atoms with Gasteiger partial charge in [-0.1, -0.05) is 6.92 Å². The number of pyridine rings is 1. The van der Waals surface area contributed by atoms with Crippen molar-refractivity contribution in [1.29, 1.82) is 0 Å². The number of rotatable bonds is 5. The van der Waals surface area contributed by atoms with Gasteiger partial charge in [0, 0.05) is 17.5 Å². The number of aromatic nitrogens is 1.